The first-order valence-electron chi connectivity index (χ1n) is 10.9. The third-order valence-electron chi connectivity index (χ3n) is 5.44. The second kappa shape index (κ2) is 11.1. The smallest absolute Gasteiger partial charge is 0.407 e. The third kappa shape index (κ3) is 6.44. The molecule has 1 aliphatic rings. The number of alkyl halides is 3. The highest BCUT2D eigenvalue weighted by molar-refractivity contribution is 6.30. The molecule has 0 unspecified atom stereocenters. The lowest BCUT2D eigenvalue weighted by Crippen LogP contribution is -2.60. The fourth-order valence-electron chi connectivity index (χ4n) is 3.58. The maximum Gasteiger partial charge on any atom is 0.418 e. The summed E-state index contributed by atoms with van der Waals surface area (Å²) >= 11 is 5.68. The number of ether oxygens (including phenoxy) is 2. The summed E-state index contributed by atoms with van der Waals surface area (Å²) < 4.78 is 65.0. The van der Waals surface area contributed by atoms with Crippen molar-refractivity contribution in [2.24, 2.45) is 0 Å². The Bertz CT molecular complexity index is 1320. The Morgan fingerprint density at radius 3 is 2.58 bits per heavy atom. The summed E-state index contributed by atoms with van der Waals surface area (Å²) in [7, 11) is 0. The van der Waals surface area contributed by atoms with Crippen LogP contribution in [-0.4, -0.2) is 45.7 Å². The Kier molecular flexibility index (Phi) is 7.92. The van der Waals surface area contributed by atoms with E-state index in [0.717, 1.165) is 24.4 Å². The largest absolute Gasteiger partial charge is 0.418 e. The van der Waals surface area contributed by atoms with Crippen LogP contribution in [0.2, 0.25) is 5.02 Å². The highest BCUT2D eigenvalue weighted by atomic mass is 35.5. The molecule has 10 nitrogen and oxygen atoms in total. The molecule has 0 radical (unpaired) electrons. The summed E-state index contributed by atoms with van der Waals surface area (Å²) in [5.74, 6) is -1.50. The minimum Gasteiger partial charge on any atom is -0.407 e. The van der Waals surface area contributed by atoms with Crippen molar-refractivity contribution in [1.82, 2.24) is 25.6 Å². The Labute approximate surface area is 217 Å². The van der Waals surface area contributed by atoms with E-state index in [4.69, 9.17) is 21.1 Å². The van der Waals surface area contributed by atoms with Gasteiger partial charge in [0.2, 0.25) is 5.91 Å². The number of rotatable bonds is 7. The molecule has 200 valence electrons. The quantitative estimate of drug-likeness (QED) is 0.374. The summed E-state index contributed by atoms with van der Waals surface area (Å²) in [5, 5.41) is 7.33. The first kappa shape index (κ1) is 27.0. The van der Waals surface area contributed by atoms with Gasteiger partial charge in [0.15, 0.2) is 5.75 Å². The summed E-state index contributed by atoms with van der Waals surface area (Å²) in [6.45, 7) is -0.342. The van der Waals surface area contributed by atoms with E-state index in [1.807, 2.05) is 0 Å². The normalized spacial score (nSPS) is 17.1. The second-order valence-corrected chi connectivity index (χ2v) is 8.56. The minimum absolute atomic E-state index is 0.0552. The molecule has 2 aromatic heterocycles. The lowest BCUT2D eigenvalue weighted by Gasteiger charge is -2.26. The van der Waals surface area contributed by atoms with Gasteiger partial charge in [-0.15, -0.1) is 0 Å². The molecule has 1 aromatic carbocycles. The number of carbonyl (C=O) groups is 2. The van der Waals surface area contributed by atoms with Gasteiger partial charge in [-0.1, -0.05) is 11.6 Å². The number of hydrogen-bond acceptors (Lipinski definition) is 8. The lowest BCUT2D eigenvalue weighted by molar-refractivity contribution is -0.137. The molecule has 1 aliphatic heterocycles. The molecule has 1 atom stereocenters. The van der Waals surface area contributed by atoms with Crippen LogP contribution in [0.3, 0.4) is 0 Å². The van der Waals surface area contributed by atoms with Crippen molar-refractivity contribution in [2.75, 3.05) is 18.5 Å². The molecule has 3 heterocycles. The number of pyridine rings is 1. The van der Waals surface area contributed by atoms with E-state index in [-0.39, 0.29) is 54.0 Å². The maximum absolute atomic E-state index is 14.7. The first-order chi connectivity index (χ1) is 18.1. The molecule has 2 amide bonds. The molecule has 4 rings (SSSR count). The summed E-state index contributed by atoms with van der Waals surface area (Å²) in [4.78, 5) is 36.6. The van der Waals surface area contributed by atoms with Crippen molar-refractivity contribution < 1.29 is 36.6 Å². The molecule has 38 heavy (non-hydrogen) atoms. The van der Waals surface area contributed by atoms with Gasteiger partial charge in [-0.2, -0.15) is 13.2 Å². The van der Waals surface area contributed by atoms with Crippen molar-refractivity contribution in [2.45, 2.75) is 24.7 Å². The lowest BCUT2D eigenvalue weighted by atomic mass is 9.97. The molecule has 3 aromatic rings. The molecule has 1 fully saturated rings. The molecule has 0 saturated carbocycles. The van der Waals surface area contributed by atoms with Crippen LogP contribution in [0.25, 0.3) is 0 Å². The van der Waals surface area contributed by atoms with Crippen LogP contribution < -0.4 is 20.7 Å². The van der Waals surface area contributed by atoms with Gasteiger partial charge in [0.05, 0.1) is 54.4 Å². The van der Waals surface area contributed by atoms with Gasteiger partial charge in [0.1, 0.15) is 17.7 Å². The first-order valence-corrected chi connectivity index (χ1v) is 11.3. The van der Waals surface area contributed by atoms with E-state index < -0.39 is 35.1 Å². The molecule has 15 heteroatoms. The predicted molar refractivity (Wildman–Crippen MR) is 125 cm³/mol. The van der Waals surface area contributed by atoms with Crippen LogP contribution in [0.4, 0.5) is 33.7 Å². The van der Waals surface area contributed by atoms with Crippen LogP contribution in [0.5, 0.6) is 5.75 Å². The number of hydrogen-bond donors (Lipinski definition) is 3. The topological polar surface area (TPSA) is 127 Å². The number of nitrogens with one attached hydrogen (secondary N) is 3. The third-order valence-corrected chi connectivity index (χ3v) is 5.68. The fourth-order valence-corrected chi connectivity index (χ4v) is 3.75. The zero-order chi connectivity index (χ0) is 27.3. The van der Waals surface area contributed by atoms with Crippen molar-refractivity contribution in [3.05, 3.63) is 71.3 Å². The van der Waals surface area contributed by atoms with Crippen molar-refractivity contribution in [3.63, 3.8) is 0 Å². The summed E-state index contributed by atoms with van der Waals surface area (Å²) in [6, 6.07) is 4.06. The SMILES string of the molecule is O=C(N[C@@]1(C(=O)NCc2ncc(Nc3ccc(Cl)cc3C(F)(F)F)cc2F)CCOC1)Oc1cncnc1. The van der Waals surface area contributed by atoms with Crippen LogP contribution >= 0.6 is 11.6 Å². The van der Waals surface area contributed by atoms with Gasteiger partial charge >= 0.3 is 12.3 Å². The van der Waals surface area contributed by atoms with E-state index in [1.54, 1.807) is 0 Å². The average molecular weight is 555 g/mol. The van der Waals surface area contributed by atoms with E-state index in [0.29, 0.717) is 0 Å². The Morgan fingerprint density at radius 2 is 1.92 bits per heavy atom. The Morgan fingerprint density at radius 1 is 1.16 bits per heavy atom. The van der Waals surface area contributed by atoms with Gasteiger partial charge in [0.25, 0.3) is 0 Å². The monoisotopic (exact) mass is 554 g/mol. The Hall–Kier alpha value is -4.04. The van der Waals surface area contributed by atoms with Crippen LogP contribution in [0.15, 0.2) is 49.2 Å². The van der Waals surface area contributed by atoms with E-state index in [1.165, 1.54) is 24.8 Å². The van der Waals surface area contributed by atoms with Crippen molar-refractivity contribution in [1.29, 1.82) is 0 Å². The molecule has 0 spiro atoms. The van der Waals surface area contributed by atoms with Gasteiger partial charge in [0, 0.05) is 24.1 Å². The van der Waals surface area contributed by atoms with Crippen LogP contribution in [0, 0.1) is 5.82 Å². The number of anilines is 2. The van der Waals surface area contributed by atoms with E-state index in [9.17, 15) is 27.2 Å². The predicted octanol–water partition coefficient (Wildman–Crippen LogP) is 3.99. The fraction of sp³-hybridized carbons (Fsp3) is 0.261. The highest BCUT2D eigenvalue weighted by Gasteiger charge is 2.44. The molecular formula is C23H19ClF4N6O4. The van der Waals surface area contributed by atoms with E-state index in [2.05, 4.69) is 30.9 Å². The molecule has 3 N–H and O–H groups in total. The van der Waals surface area contributed by atoms with Gasteiger partial charge in [-0.05, 0) is 18.2 Å². The standard InChI is InChI=1S/C23H19ClF4N6O4/c24-13-1-2-18(16(5-13)23(26,27)28)33-14-6-17(25)19(31-7-14)10-32-20(35)22(3-4-37-11-22)34-21(36)38-15-8-29-12-30-9-15/h1-2,5-9,12,33H,3-4,10-11H2,(H,32,35)(H,34,36)/t22-/m0/s1. The highest BCUT2D eigenvalue weighted by Crippen LogP contribution is 2.37. The second-order valence-electron chi connectivity index (χ2n) is 8.12. The van der Waals surface area contributed by atoms with Crippen LogP contribution in [0.1, 0.15) is 17.7 Å². The summed E-state index contributed by atoms with van der Waals surface area (Å²) in [5.41, 5.74) is -3.09. The van der Waals surface area contributed by atoms with Crippen molar-refractivity contribution in [3.8, 4) is 5.75 Å². The number of benzene rings is 1. The van der Waals surface area contributed by atoms with Crippen molar-refractivity contribution >= 4 is 35.0 Å². The number of aromatic nitrogens is 3. The van der Waals surface area contributed by atoms with Crippen LogP contribution in [-0.2, 0) is 22.3 Å². The molecular weight excluding hydrogens is 536 g/mol. The maximum atomic E-state index is 14.7. The van der Waals surface area contributed by atoms with Gasteiger partial charge in [-0.3, -0.25) is 9.78 Å². The zero-order valence-corrected chi connectivity index (χ0v) is 20.1. The Balaban J connectivity index is 1.41. The summed E-state index contributed by atoms with van der Waals surface area (Å²) in [6.07, 6.45) is -0.633. The molecule has 0 aliphatic carbocycles. The number of carbonyl (C=O) groups excluding carboxylic acids is 2. The zero-order valence-electron chi connectivity index (χ0n) is 19.3. The number of halogens is 5. The number of nitrogens with zero attached hydrogens (tertiary/aromatic N) is 3. The van der Waals surface area contributed by atoms with Gasteiger partial charge in [-0.25, -0.2) is 19.2 Å². The minimum atomic E-state index is -4.70. The number of amides is 2. The molecule has 0 bridgehead atoms. The van der Waals surface area contributed by atoms with Gasteiger partial charge < -0.3 is 25.4 Å². The van der Waals surface area contributed by atoms with E-state index >= 15 is 0 Å². The average Bonchev–Trinajstić information content (AvgIpc) is 3.34. The molecule has 1 saturated heterocycles.